The molecule has 1 aliphatic rings. The molecule has 100 valence electrons. The highest BCUT2D eigenvalue weighted by atomic mass is 32.2. The Bertz CT molecular complexity index is 432. The maximum atomic E-state index is 12.0. The van der Waals surface area contributed by atoms with E-state index in [2.05, 4.69) is 21.8 Å². The summed E-state index contributed by atoms with van der Waals surface area (Å²) in [6.45, 7) is 7.93. The van der Waals surface area contributed by atoms with Crippen LogP contribution in [0.4, 0.5) is 0 Å². The van der Waals surface area contributed by atoms with Crippen molar-refractivity contribution in [2.45, 2.75) is 57.2 Å². The molecule has 1 N–H and O–H groups in total. The second-order valence-corrected chi connectivity index (χ2v) is 8.01. The Balaban J connectivity index is 2.00. The SMILES string of the molecule is C[C@H](N[S@@](=O)C(C)(C)C)c1ccc(C2CC2)nc1. The van der Waals surface area contributed by atoms with E-state index in [4.69, 9.17) is 0 Å². The lowest BCUT2D eigenvalue weighted by molar-refractivity contribution is 0.615. The molecule has 0 spiro atoms. The molecule has 1 heterocycles. The lowest BCUT2D eigenvalue weighted by Crippen LogP contribution is -2.34. The number of hydrogen-bond donors (Lipinski definition) is 1. The molecule has 18 heavy (non-hydrogen) atoms. The predicted octanol–water partition coefficient (Wildman–Crippen LogP) is 3.07. The van der Waals surface area contributed by atoms with Crippen molar-refractivity contribution < 1.29 is 4.21 Å². The van der Waals surface area contributed by atoms with E-state index in [0.29, 0.717) is 5.92 Å². The quantitative estimate of drug-likeness (QED) is 0.910. The fourth-order valence-corrected chi connectivity index (χ4v) is 2.51. The molecule has 0 unspecified atom stereocenters. The summed E-state index contributed by atoms with van der Waals surface area (Å²) in [4.78, 5) is 4.49. The van der Waals surface area contributed by atoms with E-state index in [1.165, 1.54) is 18.5 Å². The monoisotopic (exact) mass is 266 g/mol. The van der Waals surface area contributed by atoms with Crippen molar-refractivity contribution >= 4 is 11.0 Å². The first-order valence-electron chi connectivity index (χ1n) is 6.52. The van der Waals surface area contributed by atoms with Crippen LogP contribution in [0.15, 0.2) is 18.3 Å². The molecule has 0 aliphatic heterocycles. The van der Waals surface area contributed by atoms with Gasteiger partial charge in [0, 0.05) is 23.9 Å². The van der Waals surface area contributed by atoms with E-state index in [1.54, 1.807) is 0 Å². The molecule has 0 saturated heterocycles. The fourth-order valence-electron chi connectivity index (χ4n) is 1.70. The molecule has 1 aromatic rings. The highest BCUT2D eigenvalue weighted by Gasteiger charge is 2.25. The number of pyridine rings is 1. The van der Waals surface area contributed by atoms with E-state index in [0.717, 1.165) is 5.56 Å². The van der Waals surface area contributed by atoms with Crippen LogP contribution in [0.1, 0.15) is 63.8 Å². The first-order chi connectivity index (χ1) is 8.38. The summed E-state index contributed by atoms with van der Waals surface area (Å²) in [6.07, 6.45) is 4.45. The van der Waals surface area contributed by atoms with Crippen LogP contribution in [0.2, 0.25) is 0 Å². The Morgan fingerprint density at radius 3 is 2.50 bits per heavy atom. The van der Waals surface area contributed by atoms with Crippen LogP contribution in [0.3, 0.4) is 0 Å². The van der Waals surface area contributed by atoms with Gasteiger partial charge < -0.3 is 0 Å². The molecule has 0 bridgehead atoms. The third-order valence-corrected chi connectivity index (χ3v) is 4.82. The van der Waals surface area contributed by atoms with Crippen molar-refractivity contribution in [3.63, 3.8) is 0 Å². The smallest absolute Gasteiger partial charge is 0.0975 e. The Labute approximate surface area is 112 Å². The molecule has 4 heteroatoms. The molecule has 3 nitrogen and oxygen atoms in total. The number of nitrogens with zero attached hydrogens (tertiary/aromatic N) is 1. The molecule has 1 fully saturated rings. The summed E-state index contributed by atoms with van der Waals surface area (Å²) < 4.78 is 14.9. The van der Waals surface area contributed by atoms with Crippen molar-refractivity contribution in [1.29, 1.82) is 0 Å². The molecular weight excluding hydrogens is 244 g/mol. The number of hydrogen-bond acceptors (Lipinski definition) is 2. The van der Waals surface area contributed by atoms with Crippen LogP contribution in [0, 0.1) is 0 Å². The van der Waals surface area contributed by atoms with Gasteiger partial charge in [-0.25, -0.2) is 8.93 Å². The maximum Gasteiger partial charge on any atom is 0.0975 e. The Kier molecular flexibility index (Phi) is 3.87. The third-order valence-electron chi connectivity index (χ3n) is 3.14. The van der Waals surface area contributed by atoms with Crippen LogP contribution >= 0.6 is 0 Å². The van der Waals surface area contributed by atoms with Gasteiger partial charge in [0.05, 0.1) is 15.7 Å². The fraction of sp³-hybridized carbons (Fsp3) is 0.643. The zero-order chi connectivity index (χ0) is 13.3. The van der Waals surface area contributed by atoms with E-state index in [1.807, 2.05) is 33.9 Å². The zero-order valence-electron chi connectivity index (χ0n) is 11.6. The first-order valence-corrected chi connectivity index (χ1v) is 7.67. The van der Waals surface area contributed by atoms with Gasteiger partial charge in [0.25, 0.3) is 0 Å². The van der Waals surface area contributed by atoms with Crippen LogP contribution in [-0.4, -0.2) is 13.9 Å². The van der Waals surface area contributed by atoms with Crippen molar-refractivity contribution in [3.8, 4) is 0 Å². The minimum atomic E-state index is -1.05. The Morgan fingerprint density at radius 1 is 1.39 bits per heavy atom. The second-order valence-electron chi connectivity index (χ2n) is 6.01. The van der Waals surface area contributed by atoms with Crippen LogP contribution in [0.5, 0.6) is 0 Å². The van der Waals surface area contributed by atoms with Gasteiger partial charge in [0.1, 0.15) is 0 Å². The first kappa shape index (κ1) is 13.7. The van der Waals surface area contributed by atoms with Gasteiger partial charge in [0.15, 0.2) is 0 Å². The Morgan fingerprint density at radius 2 is 2.06 bits per heavy atom. The predicted molar refractivity (Wildman–Crippen MR) is 75.7 cm³/mol. The van der Waals surface area contributed by atoms with Gasteiger partial charge >= 0.3 is 0 Å². The number of nitrogens with one attached hydrogen (secondary N) is 1. The summed E-state index contributed by atoms with van der Waals surface area (Å²) in [7, 11) is -1.05. The molecule has 0 radical (unpaired) electrons. The van der Waals surface area contributed by atoms with Crippen molar-refractivity contribution in [2.75, 3.05) is 0 Å². The van der Waals surface area contributed by atoms with Crippen molar-refractivity contribution in [3.05, 3.63) is 29.6 Å². The van der Waals surface area contributed by atoms with Crippen LogP contribution in [-0.2, 0) is 11.0 Å². The highest BCUT2D eigenvalue weighted by Crippen LogP contribution is 2.38. The zero-order valence-corrected chi connectivity index (χ0v) is 12.4. The van der Waals surface area contributed by atoms with Crippen molar-refractivity contribution in [1.82, 2.24) is 9.71 Å². The van der Waals surface area contributed by atoms with Crippen LogP contribution in [0.25, 0.3) is 0 Å². The van der Waals surface area contributed by atoms with E-state index < -0.39 is 11.0 Å². The van der Waals surface area contributed by atoms with Gasteiger partial charge in [-0.1, -0.05) is 6.07 Å². The summed E-state index contributed by atoms with van der Waals surface area (Å²) in [6, 6.07) is 4.26. The standard InChI is InChI=1S/C14H22N2OS/c1-10(16-18(17)14(2,3)4)12-7-8-13(15-9-12)11-5-6-11/h7-11,16H,5-6H2,1-4H3/t10-,18-/m0/s1. The summed E-state index contributed by atoms with van der Waals surface area (Å²) in [5.74, 6) is 0.686. The summed E-state index contributed by atoms with van der Waals surface area (Å²) in [5.41, 5.74) is 2.29. The minimum Gasteiger partial charge on any atom is -0.261 e. The average molecular weight is 266 g/mol. The van der Waals surface area contributed by atoms with Crippen LogP contribution < -0.4 is 4.72 Å². The molecule has 1 aromatic heterocycles. The summed E-state index contributed by atoms with van der Waals surface area (Å²) in [5, 5.41) is 0. The van der Waals surface area contributed by atoms with Gasteiger partial charge in [-0.05, 0) is 52.2 Å². The van der Waals surface area contributed by atoms with E-state index >= 15 is 0 Å². The van der Waals surface area contributed by atoms with E-state index in [-0.39, 0.29) is 10.8 Å². The molecule has 0 aromatic carbocycles. The highest BCUT2D eigenvalue weighted by molar-refractivity contribution is 7.84. The second kappa shape index (κ2) is 5.10. The number of aromatic nitrogens is 1. The molecule has 1 saturated carbocycles. The third kappa shape index (κ3) is 3.39. The molecule has 0 amide bonds. The summed E-state index contributed by atoms with van der Waals surface area (Å²) >= 11 is 0. The molecule has 2 rings (SSSR count). The normalized spacial score (nSPS) is 19.6. The molecular formula is C14H22N2OS. The van der Waals surface area contributed by atoms with Gasteiger partial charge in [0.2, 0.25) is 0 Å². The minimum absolute atomic E-state index is 0.0609. The van der Waals surface area contributed by atoms with Gasteiger partial charge in [-0.3, -0.25) is 4.98 Å². The lowest BCUT2D eigenvalue weighted by atomic mass is 10.1. The lowest BCUT2D eigenvalue weighted by Gasteiger charge is -2.22. The largest absolute Gasteiger partial charge is 0.261 e. The van der Waals surface area contributed by atoms with Gasteiger partial charge in [-0.15, -0.1) is 0 Å². The molecule has 1 aliphatic carbocycles. The molecule has 2 atom stereocenters. The van der Waals surface area contributed by atoms with E-state index in [9.17, 15) is 4.21 Å². The Hall–Kier alpha value is -0.740. The average Bonchev–Trinajstić information content (AvgIpc) is 3.11. The van der Waals surface area contributed by atoms with Gasteiger partial charge in [-0.2, -0.15) is 0 Å². The van der Waals surface area contributed by atoms with Crippen molar-refractivity contribution in [2.24, 2.45) is 0 Å². The number of rotatable bonds is 4. The topological polar surface area (TPSA) is 42.0 Å². The maximum absolute atomic E-state index is 12.0.